The van der Waals surface area contributed by atoms with Crippen molar-refractivity contribution < 1.29 is 8.78 Å². The molecule has 0 bridgehead atoms. The normalized spacial score (nSPS) is 17.1. The van der Waals surface area contributed by atoms with E-state index < -0.39 is 17.7 Å². The van der Waals surface area contributed by atoms with E-state index in [9.17, 15) is 8.78 Å². The minimum Gasteiger partial charge on any atom is -0.370 e. The quantitative estimate of drug-likeness (QED) is 0.447. The fraction of sp³-hybridized carbons (Fsp3) is 0.562. The zero-order valence-corrected chi connectivity index (χ0v) is 16.0. The van der Waals surface area contributed by atoms with Crippen LogP contribution in [-0.2, 0) is 0 Å². The number of hydrogen-bond donors (Lipinski definition) is 1. The van der Waals surface area contributed by atoms with Crippen LogP contribution in [0.3, 0.4) is 0 Å². The Bertz CT molecular complexity index is 511. The highest BCUT2D eigenvalue weighted by Gasteiger charge is 2.22. The largest absolute Gasteiger partial charge is 0.370 e. The lowest BCUT2D eigenvalue weighted by Gasteiger charge is -2.29. The Morgan fingerprint density at radius 1 is 1.22 bits per heavy atom. The zero-order chi connectivity index (χ0) is 16.1. The van der Waals surface area contributed by atoms with Gasteiger partial charge in [-0.1, -0.05) is 6.07 Å². The number of rotatable bonds is 4. The van der Waals surface area contributed by atoms with Gasteiger partial charge in [-0.25, -0.2) is 8.78 Å². The summed E-state index contributed by atoms with van der Waals surface area (Å²) in [6.07, 6.45) is 3.43. The topological polar surface area (TPSA) is 44.9 Å². The molecule has 0 amide bonds. The Hall–Kier alpha value is -0.960. The second-order valence-corrected chi connectivity index (χ2v) is 5.86. The van der Waals surface area contributed by atoms with Gasteiger partial charge in [0.1, 0.15) is 11.6 Å². The molecule has 0 spiro atoms. The molecule has 7 heteroatoms. The summed E-state index contributed by atoms with van der Waals surface area (Å²) < 4.78 is 28.0. The summed E-state index contributed by atoms with van der Waals surface area (Å²) in [5.41, 5.74) is 6.07. The van der Waals surface area contributed by atoms with Crippen LogP contribution in [0.5, 0.6) is 0 Å². The van der Waals surface area contributed by atoms with Crippen molar-refractivity contribution in [2.75, 3.05) is 33.7 Å². The number of halogens is 3. The van der Waals surface area contributed by atoms with Crippen LogP contribution >= 0.6 is 24.0 Å². The Balaban J connectivity index is 0.00000264. The van der Waals surface area contributed by atoms with Gasteiger partial charge in [-0.15, -0.1) is 24.0 Å². The van der Waals surface area contributed by atoms with Gasteiger partial charge in [0.25, 0.3) is 0 Å². The number of benzene rings is 1. The molecule has 1 aromatic rings. The molecule has 0 saturated carbocycles. The van der Waals surface area contributed by atoms with Crippen LogP contribution in [-0.4, -0.2) is 49.5 Å². The summed E-state index contributed by atoms with van der Waals surface area (Å²) in [5.74, 6) is -0.640. The SMILES string of the molecule is CN(C)C(CN=C(N)N1CCCCC1)c1c(F)cccc1F.I. The Labute approximate surface area is 153 Å². The van der Waals surface area contributed by atoms with E-state index in [2.05, 4.69) is 4.99 Å². The molecule has 0 aliphatic carbocycles. The van der Waals surface area contributed by atoms with Gasteiger partial charge in [-0.2, -0.15) is 0 Å². The molecule has 4 nitrogen and oxygen atoms in total. The lowest BCUT2D eigenvalue weighted by Crippen LogP contribution is -2.41. The van der Waals surface area contributed by atoms with Gasteiger partial charge in [0, 0.05) is 18.7 Å². The fourth-order valence-corrected chi connectivity index (χ4v) is 2.74. The Kier molecular flexibility index (Phi) is 8.18. The molecule has 1 unspecified atom stereocenters. The Morgan fingerprint density at radius 3 is 2.30 bits per heavy atom. The molecule has 1 fully saturated rings. The van der Waals surface area contributed by atoms with Gasteiger partial charge >= 0.3 is 0 Å². The second-order valence-electron chi connectivity index (χ2n) is 5.86. The number of nitrogens with zero attached hydrogens (tertiary/aromatic N) is 3. The molecule has 0 aromatic heterocycles. The van der Waals surface area contributed by atoms with E-state index in [0.29, 0.717) is 5.96 Å². The number of nitrogens with two attached hydrogens (primary N) is 1. The fourth-order valence-electron chi connectivity index (χ4n) is 2.74. The van der Waals surface area contributed by atoms with Crippen LogP contribution < -0.4 is 5.73 Å². The predicted octanol–water partition coefficient (Wildman–Crippen LogP) is 2.99. The molecular formula is C16H25F2IN4. The summed E-state index contributed by atoms with van der Waals surface area (Å²) in [7, 11) is 3.56. The molecule has 23 heavy (non-hydrogen) atoms. The number of likely N-dealkylation sites (tertiary alicyclic amines) is 1. The first kappa shape index (κ1) is 20.1. The van der Waals surface area contributed by atoms with Crippen molar-refractivity contribution in [1.82, 2.24) is 9.80 Å². The monoisotopic (exact) mass is 438 g/mol. The summed E-state index contributed by atoms with van der Waals surface area (Å²) in [6, 6.07) is 3.43. The lowest BCUT2D eigenvalue weighted by molar-refractivity contribution is 0.287. The maximum atomic E-state index is 14.0. The molecule has 2 N–H and O–H groups in total. The van der Waals surface area contributed by atoms with E-state index >= 15 is 0 Å². The van der Waals surface area contributed by atoms with E-state index in [-0.39, 0.29) is 36.1 Å². The minimum absolute atomic E-state index is 0. The van der Waals surface area contributed by atoms with Crippen LogP contribution in [0, 0.1) is 11.6 Å². The highest BCUT2D eigenvalue weighted by molar-refractivity contribution is 14.0. The lowest BCUT2D eigenvalue weighted by atomic mass is 10.0. The number of aliphatic imine (C=N–C) groups is 1. The van der Waals surface area contributed by atoms with Crippen LogP contribution in [0.25, 0.3) is 0 Å². The average Bonchev–Trinajstić information content (AvgIpc) is 2.50. The summed E-state index contributed by atoms with van der Waals surface area (Å²) in [5, 5.41) is 0. The third-order valence-electron chi connectivity index (χ3n) is 4.06. The number of piperidine rings is 1. The third-order valence-corrected chi connectivity index (χ3v) is 4.06. The van der Waals surface area contributed by atoms with Crippen molar-refractivity contribution in [2.24, 2.45) is 10.7 Å². The zero-order valence-electron chi connectivity index (χ0n) is 13.6. The van der Waals surface area contributed by atoms with Crippen molar-refractivity contribution in [2.45, 2.75) is 25.3 Å². The van der Waals surface area contributed by atoms with Crippen molar-refractivity contribution in [3.05, 3.63) is 35.4 Å². The van der Waals surface area contributed by atoms with Gasteiger partial charge in [0.05, 0.1) is 12.6 Å². The molecule has 1 atom stereocenters. The molecule has 1 heterocycles. The van der Waals surface area contributed by atoms with E-state index in [1.807, 2.05) is 4.90 Å². The van der Waals surface area contributed by atoms with Gasteiger partial charge in [-0.3, -0.25) is 4.99 Å². The molecule has 1 aromatic carbocycles. The average molecular weight is 438 g/mol. The van der Waals surface area contributed by atoms with Crippen LogP contribution in [0.2, 0.25) is 0 Å². The standard InChI is InChI=1S/C16H24F2N4.HI/c1-21(2)14(15-12(17)7-6-8-13(15)18)11-20-16(19)22-9-4-3-5-10-22;/h6-8,14H,3-5,9-11H2,1-2H3,(H2,19,20);1H. The highest BCUT2D eigenvalue weighted by Crippen LogP contribution is 2.24. The van der Waals surface area contributed by atoms with Crippen molar-refractivity contribution in [1.29, 1.82) is 0 Å². The van der Waals surface area contributed by atoms with Crippen molar-refractivity contribution in [3.8, 4) is 0 Å². The molecule has 1 saturated heterocycles. The van der Waals surface area contributed by atoms with Crippen molar-refractivity contribution >= 4 is 29.9 Å². The molecule has 0 radical (unpaired) electrons. The molecule has 130 valence electrons. The van der Waals surface area contributed by atoms with Gasteiger partial charge in [-0.05, 0) is 45.5 Å². The van der Waals surface area contributed by atoms with E-state index in [4.69, 9.17) is 5.73 Å². The smallest absolute Gasteiger partial charge is 0.191 e. The van der Waals surface area contributed by atoms with Gasteiger partial charge in [0.2, 0.25) is 0 Å². The summed E-state index contributed by atoms with van der Waals surface area (Å²) in [4.78, 5) is 8.17. The number of hydrogen-bond acceptors (Lipinski definition) is 2. The molecule has 2 rings (SSSR count). The van der Waals surface area contributed by atoms with E-state index in [0.717, 1.165) is 25.9 Å². The minimum atomic E-state index is -0.551. The van der Waals surface area contributed by atoms with Gasteiger partial charge in [0.15, 0.2) is 5.96 Å². The second kappa shape index (κ2) is 9.36. The summed E-state index contributed by atoms with van der Waals surface area (Å²) in [6.45, 7) is 2.03. The maximum Gasteiger partial charge on any atom is 0.191 e. The Morgan fingerprint density at radius 2 is 1.78 bits per heavy atom. The first-order valence-corrected chi connectivity index (χ1v) is 7.66. The third kappa shape index (κ3) is 5.27. The number of guanidine groups is 1. The highest BCUT2D eigenvalue weighted by atomic mass is 127. The van der Waals surface area contributed by atoms with E-state index in [1.165, 1.54) is 24.6 Å². The van der Waals surface area contributed by atoms with Crippen LogP contribution in [0.4, 0.5) is 8.78 Å². The van der Waals surface area contributed by atoms with Crippen molar-refractivity contribution in [3.63, 3.8) is 0 Å². The first-order chi connectivity index (χ1) is 10.5. The summed E-state index contributed by atoms with van der Waals surface area (Å²) >= 11 is 0. The maximum absolute atomic E-state index is 14.0. The molecular weight excluding hydrogens is 413 g/mol. The van der Waals surface area contributed by atoms with Crippen LogP contribution in [0.15, 0.2) is 23.2 Å². The first-order valence-electron chi connectivity index (χ1n) is 7.66. The number of likely N-dealkylation sites (N-methyl/N-ethyl adjacent to an activating group) is 1. The van der Waals surface area contributed by atoms with Gasteiger partial charge < -0.3 is 15.5 Å². The van der Waals surface area contributed by atoms with Crippen LogP contribution in [0.1, 0.15) is 30.9 Å². The van der Waals surface area contributed by atoms with E-state index in [1.54, 1.807) is 19.0 Å². The predicted molar refractivity (Wildman–Crippen MR) is 100 cm³/mol. The molecule has 1 aliphatic heterocycles. The molecule has 1 aliphatic rings.